The quantitative estimate of drug-likeness (QED) is 0.544. The highest BCUT2D eigenvalue weighted by molar-refractivity contribution is 7.33. The average molecular weight is 324 g/mol. The van der Waals surface area contributed by atoms with Crippen LogP contribution in [0.25, 0.3) is 10.2 Å². The Hall–Kier alpha value is -0.790. The Morgan fingerprint density at radius 3 is 2.42 bits per heavy atom. The first-order chi connectivity index (χ1) is 9.04. The Morgan fingerprint density at radius 1 is 1.21 bits per heavy atom. The number of nitrogens with zero attached hydrogens (tertiary/aromatic N) is 1. The Kier molecular flexibility index (Phi) is 5.06. The summed E-state index contributed by atoms with van der Waals surface area (Å²) >= 11 is 1.25. The van der Waals surface area contributed by atoms with Crippen LogP contribution in [0.4, 0.5) is 5.13 Å². The summed E-state index contributed by atoms with van der Waals surface area (Å²) in [5.41, 5.74) is 0.724. The van der Waals surface area contributed by atoms with E-state index < -0.39 is 22.9 Å². The first kappa shape index (κ1) is 14.6. The number of hydrogen-bond donors (Lipinski definition) is 3. The molecule has 0 saturated carbocycles. The normalized spacial score (nSPS) is 16.1. The number of thiazole rings is 1. The Bertz CT molecular complexity index is 571. The van der Waals surface area contributed by atoms with E-state index in [2.05, 4.69) is 19.3 Å². The van der Waals surface area contributed by atoms with Crippen LogP contribution >= 0.6 is 27.8 Å². The van der Waals surface area contributed by atoms with Crippen LogP contribution in [0.2, 0.25) is 0 Å². The van der Waals surface area contributed by atoms with Crippen molar-refractivity contribution in [1.82, 2.24) is 4.98 Å². The van der Waals surface area contributed by atoms with E-state index >= 15 is 0 Å². The largest absolute Gasteiger partial charge is 0.326 e. The lowest BCUT2D eigenvalue weighted by Crippen LogP contribution is -2.21. The Morgan fingerprint density at radius 2 is 1.84 bits per heavy atom. The second-order valence-electron chi connectivity index (χ2n) is 3.23. The Balaban J connectivity index is 2.15. The van der Waals surface area contributed by atoms with Gasteiger partial charge in [-0.2, -0.15) is 0 Å². The number of benzene rings is 1. The second kappa shape index (κ2) is 6.58. The van der Waals surface area contributed by atoms with Gasteiger partial charge in [0.05, 0.1) is 10.2 Å². The van der Waals surface area contributed by atoms with E-state index in [0.717, 1.165) is 10.2 Å². The van der Waals surface area contributed by atoms with Crippen molar-refractivity contribution in [3.63, 3.8) is 0 Å². The lowest BCUT2D eigenvalue weighted by atomic mass is 10.3. The van der Waals surface area contributed by atoms with E-state index in [0.29, 0.717) is 5.13 Å². The molecular weight excluding hydrogens is 314 g/mol. The number of rotatable bonds is 6. The summed E-state index contributed by atoms with van der Waals surface area (Å²) in [5.74, 6) is 0. The molecule has 3 N–H and O–H groups in total. The minimum absolute atomic E-state index is 0.345. The first-order valence-corrected chi connectivity index (χ1v) is 8.30. The minimum atomic E-state index is -3.32. The van der Waals surface area contributed by atoms with E-state index in [1.54, 1.807) is 6.07 Å². The van der Waals surface area contributed by atoms with Crippen LogP contribution in [0.5, 0.6) is 0 Å². The van der Waals surface area contributed by atoms with Gasteiger partial charge in [0.15, 0.2) is 5.13 Å². The van der Waals surface area contributed by atoms with Crippen molar-refractivity contribution in [2.75, 3.05) is 5.32 Å². The molecule has 104 valence electrons. The maximum atomic E-state index is 10.6. The predicted molar refractivity (Wildman–Crippen MR) is 71.6 cm³/mol. The standard InChI is InChI=1S/C8H10N2O6P2S/c11-17(12)15-8(16-18(13)14)10-7-9-5-3-1-2-4-6(5)19-7/h1-4,8,17-18H,(H,9,10)(H,11,12)(H,13,14). The predicted octanol–water partition coefficient (Wildman–Crippen LogP) is 1.79. The van der Waals surface area contributed by atoms with Crippen LogP contribution in [0.3, 0.4) is 0 Å². The number of nitrogens with one attached hydrogen (secondary N) is 1. The molecule has 1 aromatic heterocycles. The van der Waals surface area contributed by atoms with E-state index in [1.807, 2.05) is 18.2 Å². The van der Waals surface area contributed by atoms with Crippen LogP contribution < -0.4 is 5.32 Å². The number of fused-ring (bicyclic) bond motifs is 1. The number of aromatic nitrogens is 1. The fraction of sp³-hybridized carbons (Fsp3) is 0.125. The molecule has 2 atom stereocenters. The van der Waals surface area contributed by atoms with Crippen molar-refractivity contribution in [3.05, 3.63) is 24.3 Å². The van der Waals surface area contributed by atoms with Gasteiger partial charge >= 0.3 is 16.5 Å². The topological polar surface area (TPSA) is 118 Å². The van der Waals surface area contributed by atoms with Crippen molar-refractivity contribution >= 4 is 43.2 Å². The molecule has 0 spiro atoms. The number of anilines is 1. The van der Waals surface area contributed by atoms with Crippen LogP contribution in [-0.2, 0) is 18.2 Å². The van der Waals surface area contributed by atoms with E-state index in [4.69, 9.17) is 9.79 Å². The second-order valence-corrected chi connectivity index (χ2v) is 5.80. The van der Waals surface area contributed by atoms with Crippen molar-refractivity contribution in [3.8, 4) is 0 Å². The van der Waals surface area contributed by atoms with Gasteiger partial charge in [-0.1, -0.05) is 23.5 Å². The van der Waals surface area contributed by atoms with Gasteiger partial charge in [0.25, 0.3) is 6.41 Å². The summed E-state index contributed by atoms with van der Waals surface area (Å²) in [6.45, 7) is 0. The molecule has 1 aromatic carbocycles. The third-order valence-corrected chi connectivity index (χ3v) is 3.75. The third-order valence-electron chi connectivity index (χ3n) is 1.95. The zero-order valence-corrected chi connectivity index (χ0v) is 12.1. The summed E-state index contributed by atoms with van der Waals surface area (Å²) in [4.78, 5) is 21.5. The molecule has 0 fully saturated rings. The molecule has 0 radical (unpaired) electrons. The smallest absolute Gasteiger partial charge is 0.320 e. The van der Waals surface area contributed by atoms with Crippen LogP contribution in [0.1, 0.15) is 0 Å². The van der Waals surface area contributed by atoms with Crippen molar-refractivity contribution < 1.29 is 28.0 Å². The molecule has 19 heavy (non-hydrogen) atoms. The molecule has 0 aliphatic carbocycles. The number of hydrogen-bond acceptors (Lipinski definition) is 7. The minimum Gasteiger partial charge on any atom is -0.326 e. The third kappa shape index (κ3) is 4.36. The summed E-state index contributed by atoms with van der Waals surface area (Å²) in [5, 5.41) is 2.87. The van der Waals surface area contributed by atoms with Crippen molar-refractivity contribution in [2.45, 2.75) is 6.41 Å². The van der Waals surface area contributed by atoms with Crippen LogP contribution in [-0.4, -0.2) is 21.2 Å². The summed E-state index contributed by atoms with van der Waals surface area (Å²) < 4.78 is 31.0. The van der Waals surface area contributed by atoms with Crippen LogP contribution in [0, 0.1) is 0 Å². The highest BCUT2D eigenvalue weighted by atomic mass is 32.1. The van der Waals surface area contributed by atoms with Gasteiger partial charge in [0, 0.05) is 0 Å². The summed E-state index contributed by atoms with van der Waals surface area (Å²) in [7, 11) is -6.64. The number of para-hydroxylation sites is 1. The highest BCUT2D eigenvalue weighted by Crippen LogP contribution is 2.30. The monoisotopic (exact) mass is 324 g/mol. The molecule has 2 unspecified atom stereocenters. The van der Waals surface area contributed by atoms with E-state index in [1.165, 1.54) is 11.3 Å². The lowest BCUT2D eigenvalue weighted by Gasteiger charge is -2.14. The molecule has 0 saturated heterocycles. The fourth-order valence-electron chi connectivity index (χ4n) is 1.30. The van der Waals surface area contributed by atoms with Gasteiger partial charge in [-0.15, -0.1) is 0 Å². The summed E-state index contributed by atoms with van der Waals surface area (Å²) in [6.07, 6.45) is -1.51. The SMILES string of the molecule is O=[PH](O)OC(Nc1nc2ccccc2s1)O[PH](=O)O. The average Bonchev–Trinajstić information content (AvgIpc) is 2.68. The first-order valence-electron chi connectivity index (χ1n) is 4.96. The molecular formula is C8H10N2O6P2S. The van der Waals surface area contributed by atoms with Gasteiger partial charge in [-0.05, 0) is 12.1 Å². The van der Waals surface area contributed by atoms with Crippen molar-refractivity contribution in [1.29, 1.82) is 0 Å². The maximum absolute atomic E-state index is 10.6. The summed E-state index contributed by atoms with van der Waals surface area (Å²) in [6, 6.07) is 7.29. The van der Waals surface area contributed by atoms with Gasteiger partial charge in [0.1, 0.15) is 0 Å². The maximum Gasteiger partial charge on any atom is 0.320 e. The lowest BCUT2D eigenvalue weighted by molar-refractivity contribution is 0.0262. The molecule has 11 heteroatoms. The van der Waals surface area contributed by atoms with E-state index in [9.17, 15) is 9.13 Å². The molecule has 0 amide bonds. The van der Waals surface area contributed by atoms with Gasteiger partial charge in [0.2, 0.25) is 0 Å². The van der Waals surface area contributed by atoms with Crippen molar-refractivity contribution in [2.24, 2.45) is 0 Å². The molecule has 1 heterocycles. The molecule has 8 nitrogen and oxygen atoms in total. The van der Waals surface area contributed by atoms with Gasteiger partial charge in [-0.25, -0.2) is 4.98 Å². The van der Waals surface area contributed by atoms with E-state index in [-0.39, 0.29) is 0 Å². The zero-order valence-electron chi connectivity index (χ0n) is 9.27. The molecule has 0 aliphatic rings. The molecule has 2 aromatic rings. The highest BCUT2D eigenvalue weighted by Gasteiger charge is 2.16. The fourth-order valence-corrected chi connectivity index (χ4v) is 2.85. The zero-order chi connectivity index (χ0) is 13.8. The molecule has 0 aliphatic heterocycles. The van der Waals surface area contributed by atoms with Gasteiger partial charge in [-0.3, -0.25) is 18.2 Å². The Labute approximate surface area is 112 Å². The van der Waals surface area contributed by atoms with Gasteiger partial charge < -0.3 is 15.1 Å². The molecule has 2 rings (SSSR count). The molecule has 0 bridgehead atoms. The van der Waals surface area contributed by atoms with Crippen LogP contribution in [0.15, 0.2) is 24.3 Å².